The fourth-order valence-corrected chi connectivity index (χ4v) is 2.24. The van der Waals surface area contributed by atoms with Gasteiger partial charge in [-0.2, -0.15) is 5.10 Å². The van der Waals surface area contributed by atoms with E-state index in [4.69, 9.17) is 15.4 Å². The van der Waals surface area contributed by atoms with Gasteiger partial charge in [-0.1, -0.05) is 0 Å². The highest BCUT2D eigenvalue weighted by atomic mass is 35.7. The number of nitrogens with zero attached hydrogens (tertiary/aromatic N) is 2. The third kappa shape index (κ3) is 4.51. The van der Waals surface area contributed by atoms with Crippen molar-refractivity contribution >= 4 is 19.7 Å². The number of rotatable bonds is 6. The monoisotopic (exact) mass is 302 g/mol. The summed E-state index contributed by atoms with van der Waals surface area (Å²) < 4.78 is 53.0. The molecule has 0 fully saturated rings. The van der Waals surface area contributed by atoms with Gasteiger partial charge in [0, 0.05) is 16.9 Å². The Balaban J connectivity index is 3.02. The molecule has 1 rings (SSSR count). The second-order valence-corrected chi connectivity index (χ2v) is 6.39. The molecular weight excluding hydrogens is 290 g/mol. The van der Waals surface area contributed by atoms with Gasteiger partial charge in [0.1, 0.15) is 17.1 Å². The maximum Gasteiger partial charge on any atom is 0.264 e. The fourth-order valence-electron chi connectivity index (χ4n) is 1.23. The summed E-state index contributed by atoms with van der Waals surface area (Å²) >= 11 is 0. The number of aromatic nitrogens is 2. The van der Waals surface area contributed by atoms with Crippen LogP contribution in [0.2, 0.25) is 0 Å². The van der Waals surface area contributed by atoms with Gasteiger partial charge in [0.05, 0.1) is 12.7 Å². The van der Waals surface area contributed by atoms with E-state index in [1.165, 1.54) is 0 Å². The quantitative estimate of drug-likeness (QED) is 0.754. The molecule has 18 heavy (non-hydrogen) atoms. The maximum atomic E-state index is 12.2. The number of hydrogen-bond donors (Lipinski definition) is 0. The fraction of sp³-hybridized carbons (Fsp3) is 0.667. The SMILES string of the molecule is CC(C)OCc1nn(CC(F)F)cc1S(=O)(=O)Cl. The van der Waals surface area contributed by atoms with E-state index in [9.17, 15) is 17.2 Å². The molecule has 9 heteroatoms. The highest BCUT2D eigenvalue weighted by Gasteiger charge is 2.21. The highest BCUT2D eigenvalue weighted by molar-refractivity contribution is 8.13. The van der Waals surface area contributed by atoms with Gasteiger partial charge in [0.25, 0.3) is 15.5 Å². The highest BCUT2D eigenvalue weighted by Crippen LogP contribution is 2.20. The Labute approximate surface area is 108 Å². The van der Waals surface area contributed by atoms with Gasteiger partial charge in [-0.15, -0.1) is 0 Å². The summed E-state index contributed by atoms with van der Waals surface area (Å²) in [7, 11) is 1.17. The van der Waals surface area contributed by atoms with Crippen LogP contribution in [-0.4, -0.2) is 30.7 Å². The number of hydrogen-bond acceptors (Lipinski definition) is 4. The average Bonchev–Trinajstić information content (AvgIpc) is 2.56. The van der Waals surface area contributed by atoms with E-state index in [1.54, 1.807) is 13.8 Å². The van der Waals surface area contributed by atoms with Gasteiger partial charge in [-0.3, -0.25) is 4.68 Å². The van der Waals surface area contributed by atoms with Gasteiger partial charge in [0.2, 0.25) is 0 Å². The molecule has 0 N–H and O–H groups in total. The Bertz CT molecular complexity index is 502. The molecule has 0 spiro atoms. The van der Waals surface area contributed by atoms with Crippen LogP contribution in [0.4, 0.5) is 8.78 Å². The van der Waals surface area contributed by atoms with E-state index >= 15 is 0 Å². The number of halogens is 3. The van der Waals surface area contributed by atoms with Gasteiger partial charge in [-0.25, -0.2) is 17.2 Å². The normalized spacial score (nSPS) is 12.6. The van der Waals surface area contributed by atoms with E-state index in [2.05, 4.69) is 5.10 Å². The molecule has 0 atom stereocenters. The smallest absolute Gasteiger partial charge is 0.264 e. The molecule has 1 aromatic rings. The zero-order valence-electron chi connectivity index (χ0n) is 9.81. The van der Waals surface area contributed by atoms with Crippen LogP contribution in [0.25, 0.3) is 0 Å². The molecule has 0 unspecified atom stereocenters. The van der Waals surface area contributed by atoms with Gasteiger partial charge in [-0.05, 0) is 13.8 Å². The van der Waals surface area contributed by atoms with Crippen molar-refractivity contribution in [2.75, 3.05) is 0 Å². The Morgan fingerprint density at radius 3 is 2.56 bits per heavy atom. The molecule has 0 aliphatic carbocycles. The van der Waals surface area contributed by atoms with Crippen molar-refractivity contribution in [3.8, 4) is 0 Å². The lowest BCUT2D eigenvalue weighted by Crippen LogP contribution is -2.08. The third-order valence-electron chi connectivity index (χ3n) is 1.94. The maximum absolute atomic E-state index is 12.2. The first-order chi connectivity index (χ1) is 8.20. The van der Waals surface area contributed by atoms with Crippen LogP contribution >= 0.6 is 10.7 Å². The molecule has 1 aromatic heterocycles. The van der Waals surface area contributed by atoms with E-state index in [1.807, 2.05) is 0 Å². The van der Waals surface area contributed by atoms with Crippen molar-refractivity contribution in [3.63, 3.8) is 0 Å². The minimum absolute atomic E-state index is 0.0272. The van der Waals surface area contributed by atoms with Gasteiger partial charge >= 0.3 is 0 Å². The molecule has 0 bridgehead atoms. The molecule has 104 valence electrons. The van der Waals surface area contributed by atoms with Crippen molar-refractivity contribution < 1.29 is 21.9 Å². The lowest BCUT2D eigenvalue weighted by atomic mass is 10.4. The summed E-state index contributed by atoms with van der Waals surface area (Å²) in [6.45, 7) is 2.71. The lowest BCUT2D eigenvalue weighted by molar-refractivity contribution is 0.0614. The first kappa shape index (κ1) is 15.3. The minimum atomic E-state index is -4.03. The first-order valence-electron chi connectivity index (χ1n) is 5.11. The Kier molecular flexibility index (Phi) is 5.06. The molecule has 0 saturated carbocycles. The first-order valence-corrected chi connectivity index (χ1v) is 7.42. The molecule has 0 aromatic carbocycles. The van der Waals surface area contributed by atoms with Crippen LogP contribution < -0.4 is 0 Å². The molecule has 5 nitrogen and oxygen atoms in total. The molecule has 0 aliphatic rings. The van der Waals surface area contributed by atoms with Gasteiger partial charge in [0.15, 0.2) is 0 Å². The third-order valence-corrected chi connectivity index (χ3v) is 3.31. The molecule has 0 radical (unpaired) electrons. The molecule has 0 saturated heterocycles. The summed E-state index contributed by atoms with van der Waals surface area (Å²) in [6, 6.07) is 0. The second-order valence-electron chi connectivity index (χ2n) is 3.85. The van der Waals surface area contributed by atoms with Gasteiger partial charge < -0.3 is 4.74 Å². The van der Waals surface area contributed by atoms with E-state index < -0.39 is 22.0 Å². The minimum Gasteiger partial charge on any atom is -0.372 e. The van der Waals surface area contributed by atoms with E-state index in [0.29, 0.717) is 0 Å². The van der Waals surface area contributed by atoms with E-state index in [0.717, 1.165) is 10.9 Å². The van der Waals surface area contributed by atoms with Crippen molar-refractivity contribution in [1.29, 1.82) is 0 Å². The van der Waals surface area contributed by atoms with Crippen LogP contribution in [0.5, 0.6) is 0 Å². The summed E-state index contributed by atoms with van der Waals surface area (Å²) in [5, 5.41) is 3.74. The Morgan fingerprint density at radius 2 is 2.11 bits per heavy atom. The topological polar surface area (TPSA) is 61.2 Å². The predicted octanol–water partition coefficient (Wildman–Crippen LogP) is 2.00. The van der Waals surface area contributed by atoms with Crippen LogP contribution in [0.3, 0.4) is 0 Å². The molecular formula is C9H13ClF2N2O3S. The van der Waals surface area contributed by atoms with E-state index in [-0.39, 0.29) is 23.3 Å². The summed E-state index contributed by atoms with van der Waals surface area (Å²) in [5.41, 5.74) is 0.0272. The zero-order chi connectivity index (χ0) is 13.9. The summed E-state index contributed by atoms with van der Waals surface area (Å²) in [5.74, 6) is 0. The van der Waals surface area contributed by atoms with Crippen LogP contribution in [0.15, 0.2) is 11.1 Å². The molecule has 0 amide bonds. The Hall–Kier alpha value is -0.730. The largest absolute Gasteiger partial charge is 0.372 e. The zero-order valence-corrected chi connectivity index (χ0v) is 11.4. The standard InChI is InChI=1S/C9H13ClF2N2O3S/c1-6(2)17-5-7-8(18(10,15)16)3-14(13-7)4-9(11)12/h3,6,9H,4-5H2,1-2H3. The predicted molar refractivity (Wildman–Crippen MR) is 61.2 cm³/mol. The van der Waals surface area contributed by atoms with Crippen molar-refractivity contribution in [3.05, 3.63) is 11.9 Å². The van der Waals surface area contributed by atoms with Crippen molar-refractivity contribution in [2.45, 2.75) is 44.4 Å². The van der Waals surface area contributed by atoms with Crippen LogP contribution in [0.1, 0.15) is 19.5 Å². The summed E-state index contributed by atoms with van der Waals surface area (Å²) in [6.07, 6.45) is -1.79. The van der Waals surface area contributed by atoms with Crippen LogP contribution in [-0.2, 0) is 26.9 Å². The van der Waals surface area contributed by atoms with Crippen LogP contribution in [0, 0.1) is 0 Å². The lowest BCUT2D eigenvalue weighted by Gasteiger charge is -2.05. The molecule has 1 heterocycles. The Morgan fingerprint density at radius 1 is 1.50 bits per heavy atom. The van der Waals surface area contributed by atoms with Crippen molar-refractivity contribution in [2.24, 2.45) is 0 Å². The van der Waals surface area contributed by atoms with Crippen molar-refractivity contribution in [1.82, 2.24) is 9.78 Å². The second kappa shape index (κ2) is 5.94. The number of ether oxygens (including phenoxy) is 1. The average molecular weight is 303 g/mol. The molecule has 0 aliphatic heterocycles. The number of alkyl halides is 2. The summed E-state index contributed by atoms with van der Waals surface area (Å²) in [4.78, 5) is -0.300.